The fourth-order valence-electron chi connectivity index (χ4n) is 2.02. The minimum absolute atomic E-state index is 0.0764. The Morgan fingerprint density at radius 1 is 1.16 bits per heavy atom. The Morgan fingerprint density at radius 3 is 2.79 bits per heavy atom. The van der Waals surface area contributed by atoms with Gasteiger partial charge in [-0.3, -0.25) is 9.78 Å². The first-order valence-corrected chi connectivity index (χ1v) is 5.95. The Hall–Kier alpha value is -2.46. The molecule has 0 bridgehead atoms. The summed E-state index contributed by atoms with van der Waals surface area (Å²) in [4.78, 5) is 16.1. The van der Waals surface area contributed by atoms with Crippen LogP contribution >= 0.6 is 0 Å². The van der Waals surface area contributed by atoms with E-state index in [-0.39, 0.29) is 12.0 Å². The quantitative estimate of drug-likeness (QED) is 0.759. The van der Waals surface area contributed by atoms with Gasteiger partial charge in [0.2, 0.25) is 0 Å². The van der Waals surface area contributed by atoms with E-state index in [2.05, 4.69) is 4.98 Å². The number of hydrogen-bond acceptors (Lipinski definition) is 4. The first-order chi connectivity index (χ1) is 9.28. The van der Waals surface area contributed by atoms with Crippen LogP contribution in [0.3, 0.4) is 0 Å². The number of fused-ring (bicyclic) bond motifs is 1. The molecule has 94 valence electrons. The number of benzene rings is 1. The maximum atomic E-state index is 12.0. The summed E-state index contributed by atoms with van der Waals surface area (Å²) in [5, 5.41) is 0.554. The van der Waals surface area contributed by atoms with Gasteiger partial charge in [-0.1, -0.05) is 12.1 Å². The molecule has 0 aliphatic rings. The van der Waals surface area contributed by atoms with Crippen molar-refractivity contribution in [3.8, 4) is 11.1 Å². The molecule has 0 amide bonds. The van der Waals surface area contributed by atoms with Crippen LogP contribution in [0.5, 0.6) is 0 Å². The molecule has 19 heavy (non-hydrogen) atoms. The molecule has 2 heterocycles. The number of hydrogen-bond donors (Lipinski definition) is 1. The van der Waals surface area contributed by atoms with E-state index in [1.807, 2.05) is 24.3 Å². The second-order valence-corrected chi connectivity index (χ2v) is 4.23. The Bertz CT molecular complexity index is 779. The molecule has 2 aromatic heterocycles. The van der Waals surface area contributed by atoms with E-state index in [1.54, 1.807) is 18.5 Å². The lowest BCUT2D eigenvalue weighted by atomic mass is 10.1. The lowest BCUT2D eigenvalue weighted by Crippen LogP contribution is -2.05. The van der Waals surface area contributed by atoms with Crippen LogP contribution in [0.15, 0.2) is 58.0 Å². The number of rotatable bonds is 2. The summed E-state index contributed by atoms with van der Waals surface area (Å²) in [6.45, 7) is 0.218. The molecule has 0 radical (unpaired) electrons. The summed E-state index contributed by atoms with van der Waals surface area (Å²) >= 11 is 0. The summed E-state index contributed by atoms with van der Waals surface area (Å²) in [5.41, 5.74) is 7.87. The van der Waals surface area contributed by atoms with Gasteiger partial charge in [-0.15, -0.1) is 0 Å². The van der Waals surface area contributed by atoms with Crippen LogP contribution in [0, 0.1) is 0 Å². The van der Waals surface area contributed by atoms with E-state index in [0.717, 1.165) is 11.1 Å². The van der Waals surface area contributed by atoms with Gasteiger partial charge in [0.15, 0.2) is 5.43 Å². The van der Waals surface area contributed by atoms with Gasteiger partial charge in [-0.2, -0.15) is 0 Å². The molecule has 4 nitrogen and oxygen atoms in total. The van der Waals surface area contributed by atoms with Crippen molar-refractivity contribution in [1.29, 1.82) is 0 Å². The molecule has 3 rings (SSSR count). The van der Waals surface area contributed by atoms with E-state index >= 15 is 0 Å². The summed E-state index contributed by atoms with van der Waals surface area (Å²) in [7, 11) is 0. The topological polar surface area (TPSA) is 69.1 Å². The number of nitrogens with two attached hydrogens (primary N) is 1. The minimum Gasteiger partial charge on any atom is -0.459 e. The van der Waals surface area contributed by atoms with Gasteiger partial charge in [0.05, 0.1) is 11.9 Å². The van der Waals surface area contributed by atoms with Gasteiger partial charge >= 0.3 is 0 Å². The standard InChI is InChI=1S/C15H12N2O2/c16-8-12-7-14(18)13-6-10(3-4-15(13)19-12)11-2-1-5-17-9-11/h1-7,9H,8,16H2. The molecule has 0 aliphatic carbocycles. The zero-order valence-corrected chi connectivity index (χ0v) is 10.2. The van der Waals surface area contributed by atoms with E-state index < -0.39 is 0 Å². The normalized spacial score (nSPS) is 10.8. The van der Waals surface area contributed by atoms with Gasteiger partial charge in [0.1, 0.15) is 11.3 Å². The van der Waals surface area contributed by atoms with Gasteiger partial charge in [-0.05, 0) is 23.8 Å². The van der Waals surface area contributed by atoms with Crippen LogP contribution in [-0.2, 0) is 6.54 Å². The molecular weight excluding hydrogens is 240 g/mol. The van der Waals surface area contributed by atoms with Crippen molar-refractivity contribution in [3.63, 3.8) is 0 Å². The molecule has 3 aromatic rings. The molecule has 0 aliphatic heterocycles. The SMILES string of the molecule is NCc1cc(=O)c2cc(-c3cccnc3)ccc2o1. The highest BCUT2D eigenvalue weighted by atomic mass is 16.3. The Labute approximate surface area is 109 Å². The largest absolute Gasteiger partial charge is 0.459 e. The molecule has 4 heteroatoms. The van der Waals surface area contributed by atoms with E-state index in [1.165, 1.54) is 6.07 Å². The predicted molar refractivity (Wildman–Crippen MR) is 73.6 cm³/mol. The molecule has 0 atom stereocenters. The second-order valence-electron chi connectivity index (χ2n) is 4.23. The van der Waals surface area contributed by atoms with Crippen molar-refractivity contribution in [2.75, 3.05) is 0 Å². The fourth-order valence-corrected chi connectivity index (χ4v) is 2.02. The van der Waals surface area contributed by atoms with Crippen LogP contribution in [0.1, 0.15) is 5.76 Å². The molecule has 0 unspecified atom stereocenters. The number of aromatic nitrogens is 1. The van der Waals surface area contributed by atoms with E-state index in [0.29, 0.717) is 16.7 Å². The lowest BCUT2D eigenvalue weighted by molar-refractivity contribution is 0.539. The Morgan fingerprint density at radius 2 is 2.05 bits per heavy atom. The maximum absolute atomic E-state index is 12.0. The maximum Gasteiger partial charge on any atom is 0.193 e. The molecule has 1 aromatic carbocycles. The number of pyridine rings is 1. The zero-order chi connectivity index (χ0) is 13.2. The Kier molecular flexibility index (Phi) is 2.85. The van der Waals surface area contributed by atoms with Crippen molar-refractivity contribution < 1.29 is 4.42 Å². The first-order valence-electron chi connectivity index (χ1n) is 5.95. The van der Waals surface area contributed by atoms with E-state index in [9.17, 15) is 4.79 Å². The first kappa shape index (κ1) is 11.6. The average molecular weight is 252 g/mol. The van der Waals surface area contributed by atoms with Crippen molar-refractivity contribution in [3.05, 3.63) is 64.8 Å². The number of nitrogens with zero attached hydrogens (tertiary/aromatic N) is 1. The second kappa shape index (κ2) is 4.66. The van der Waals surface area contributed by atoms with Crippen molar-refractivity contribution in [2.45, 2.75) is 6.54 Å². The molecule has 0 fully saturated rings. The lowest BCUT2D eigenvalue weighted by Gasteiger charge is -2.04. The van der Waals surface area contributed by atoms with Gasteiger partial charge in [-0.25, -0.2) is 0 Å². The summed E-state index contributed by atoms with van der Waals surface area (Å²) in [5.74, 6) is 0.492. The van der Waals surface area contributed by atoms with Gasteiger partial charge in [0.25, 0.3) is 0 Å². The minimum atomic E-state index is -0.0764. The molecule has 0 saturated carbocycles. The predicted octanol–water partition coefficient (Wildman–Crippen LogP) is 2.31. The highest BCUT2D eigenvalue weighted by molar-refractivity contribution is 5.82. The highest BCUT2D eigenvalue weighted by Gasteiger charge is 2.06. The third-order valence-electron chi connectivity index (χ3n) is 2.97. The van der Waals surface area contributed by atoms with Crippen LogP contribution in [-0.4, -0.2) is 4.98 Å². The summed E-state index contributed by atoms with van der Waals surface area (Å²) in [6, 6.07) is 10.8. The van der Waals surface area contributed by atoms with Crippen molar-refractivity contribution in [1.82, 2.24) is 4.98 Å². The Balaban J connectivity index is 2.22. The van der Waals surface area contributed by atoms with Gasteiger partial charge in [0, 0.05) is 24.0 Å². The fraction of sp³-hybridized carbons (Fsp3) is 0.0667. The van der Waals surface area contributed by atoms with Crippen LogP contribution in [0.4, 0.5) is 0 Å². The highest BCUT2D eigenvalue weighted by Crippen LogP contribution is 2.22. The molecule has 0 saturated heterocycles. The van der Waals surface area contributed by atoms with Crippen molar-refractivity contribution in [2.24, 2.45) is 5.73 Å². The average Bonchev–Trinajstić information content (AvgIpc) is 2.47. The smallest absolute Gasteiger partial charge is 0.193 e. The third-order valence-corrected chi connectivity index (χ3v) is 2.97. The van der Waals surface area contributed by atoms with E-state index in [4.69, 9.17) is 10.2 Å². The van der Waals surface area contributed by atoms with Crippen LogP contribution in [0.2, 0.25) is 0 Å². The summed E-state index contributed by atoms with van der Waals surface area (Å²) in [6.07, 6.45) is 3.48. The molecule has 2 N–H and O–H groups in total. The monoisotopic (exact) mass is 252 g/mol. The zero-order valence-electron chi connectivity index (χ0n) is 10.2. The molecular formula is C15H12N2O2. The van der Waals surface area contributed by atoms with Crippen LogP contribution in [0.25, 0.3) is 22.1 Å². The van der Waals surface area contributed by atoms with Crippen LogP contribution < -0.4 is 11.2 Å². The third kappa shape index (κ3) is 2.13. The molecule has 0 spiro atoms. The van der Waals surface area contributed by atoms with Crippen molar-refractivity contribution >= 4 is 11.0 Å². The summed E-state index contributed by atoms with van der Waals surface area (Å²) < 4.78 is 5.54. The van der Waals surface area contributed by atoms with Gasteiger partial charge < -0.3 is 10.2 Å².